The lowest BCUT2D eigenvalue weighted by atomic mass is 9.83. The van der Waals surface area contributed by atoms with Gasteiger partial charge in [-0.25, -0.2) is 4.79 Å². The monoisotopic (exact) mass is 888 g/mol. The predicted molar refractivity (Wildman–Crippen MR) is 220 cm³/mol. The van der Waals surface area contributed by atoms with Crippen LogP contribution in [0.3, 0.4) is 0 Å². The first-order chi connectivity index (χ1) is 29.7. The Labute approximate surface area is 369 Å². The van der Waals surface area contributed by atoms with E-state index in [1.807, 2.05) is 32.9 Å². The van der Waals surface area contributed by atoms with E-state index < -0.39 is 113 Å². The Balaban J connectivity index is 1.04. The highest BCUT2D eigenvalue weighted by Gasteiger charge is 2.68. The zero-order chi connectivity index (χ0) is 44.9. The highest BCUT2D eigenvalue weighted by atomic mass is 16.8. The molecular formula is C47H68O16. The molecule has 0 saturated carbocycles. The zero-order valence-corrected chi connectivity index (χ0v) is 37.5. The molecule has 16 heteroatoms. The van der Waals surface area contributed by atoms with Gasteiger partial charge in [0.15, 0.2) is 23.0 Å². The average molecular weight is 889 g/mol. The highest BCUT2D eigenvalue weighted by molar-refractivity contribution is 5.87. The normalized spacial score (nSPS) is 54.2. The number of aliphatic carboxylic acids is 1. The number of carboxylic acid groups (broad SMARTS) is 1. The van der Waals surface area contributed by atoms with Gasteiger partial charge < -0.3 is 63.1 Å². The third-order valence-electron chi connectivity index (χ3n) is 16.0. The maximum atomic E-state index is 14.1. The van der Waals surface area contributed by atoms with Gasteiger partial charge in [-0.2, -0.15) is 0 Å². The molecule has 0 aromatic carbocycles. The molecule has 0 aliphatic carbocycles. The molecule has 63 heavy (non-hydrogen) atoms. The van der Waals surface area contributed by atoms with Crippen LogP contribution >= 0.6 is 0 Å². The van der Waals surface area contributed by atoms with Gasteiger partial charge in [-0.15, -0.1) is 0 Å². The maximum Gasteiger partial charge on any atom is 0.336 e. The van der Waals surface area contributed by atoms with Crippen LogP contribution in [0, 0.1) is 17.8 Å². The number of esters is 1. The summed E-state index contributed by atoms with van der Waals surface area (Å²) in [7, 11) is 0. The number of hydrogen-bond donors (Lipinski definition) is 4. The van der Waals surface area contributed by atoms with Crippen molar-refractivity contribution in [3.05, 3.63) is 23.8 Å². The van der Waals surface area contributed by atoms with E-state index in [0.29, 0.717) is 57.8 Å². The molecule has 0 aromatic rings. The molecule has 0 amide bonds. The first kappa shape index (κ1) is 45.8. The summed E-state index contributed by atoms with van der Waals surface area (Å²) in [5.41, 5.74) is -2.58. The van der Waals surface area contributed by atoms with Crippen molar-refractivity contribution in [3.8, 4) is 0 Å². The second-order valence-corrected chi connectivity index (χ2v) is 21.1. The van der Waals surface area contributed by atoms with Crippen LogP contribution < -0.4 is 0 Å². The van der Waals surface area contributed by atoms with Crippen molar-refractivity contribution in [2.24, 2.45) is 17.8 Å². The molecule has 9 aliphatic rings. The molecule has 0 aromatic heterocycles. The number of aliphatic hydroxyl groups excluding tert-OH is 2. The largest absolute Gasteiger partial charge is 0.479 e. The van der Waals surface area contributed by atoms with Crippen LogP contribution in [0.15, 0.2) is 23.8 Å². The van der Waals surface area contributed by atoms with E-state index in [1.54, 1.807) is 13.8 Å². The fourth-order valence-electron chi connectivity index (χ4n) is 12.5. The summed E-state index contributed by atoms with van der Waals surface area (Å²) in [6.45, 7) is 11.7. The van der Waals surface area contributed by atoms with Gasteiger partial charge in [0, 0.05) is 38.5 Å². The van der Waals surface area contributed by atoms with E-state index in [2.05, 4.69) is 13.0 Å². The van der Waals surface area contributed by atoms with Crippen molar-refractivity contribution in [1.82, 2.24) is 0 Å². The Hall–Kier alpha value is -2.35. The lowest BCUT2D eigenvalue weighted by Gasteiger charge is -2.51. The van der Waals surface area contributed by atoms with Crippen molar-refractivity contribution in [2.45, 2.75) is 227 Å². The highest BCUT2D eigenvalue weighted by Crippen LogP contribution is 2.56. The van der Waals surface area contributed by atoms with Gasteiger partial charge in [-0.05, 0) is 90.9 Å². The van der Waals surface area contributed by atoms with Crippen molar-refractivity contribution in [1.29, 1.82) is 0 Å². The second kappa shape index (κ2) is 16.5. The van der Waals surface area contributed by atoms with Gasteiger partial charge >= 0.3 is 11.9 Å². The number of ketones is 1. The molecule has 16 nitrogen and oxygen atoms in total. The van der Waals surface area contributed by atoms with Crippen LogP contribution in [0.4, 0.5) is 0 Å². The molecule has 9 rings (SSSR count). The van der Waals surface area contributed by atoms with Crippen molar-refractivity contribution >= 4 is 17.7 Å². The average Bonchev–Trinajstić information content (AvgIpc) is 3.99. The minimum absolute atomic E-state index is 0.0330. The lowest BCUT2D eigenvalue weighted by molar-refractivity contribution is -0.368. The van der Waals surface area contributed by atoms with Gasteiger partial charge in [0.25, 0.3) is 0 Å². The molecule has 2 spiro atoms. The van der Waals surface area contributed by atoms with Gasteiger partial charge in [-0.1, -0.05) is 37.6 Å². The zero-order valence-electron chi connectivity index (χ0n) is 37.5. The molecule has 0 unspecified atom stereocenters. The number of allylic oxidation sites excluding steroid dienone is 3. The fraction of sp³-hybridized carbons (Fsp3) is 0.851. The van der Waals surface area contributed by atoms with Crippen LogP contribution in [-0.4, -0.2) is 140 Å². The number of ether oxygens (including phenoxy) is 9. The fourth-order valence-corrected chi connectivity index (χ4v) is 12.5. The van der Waals surface area contributed by atoms with Crippen LogP contribution in [0.2, 0.25) is 0 Å². The second-order valence-electron chi connectivity index (χ2n) is 21.1. The molecule has 19 atom stereocenters. The number of rotatable bonds is 2. The van der Waals surface area contributed by atoms with E-state index in [4.69, 9.17) is 42.6 Å². The number of fused-ring (bicyclic) bond motifs is 11. The van der Waals surface area contributed by atoms with E-state index in [1.165, 1.54) is 0 Å². The van der Waals surface area contributed by atoms with E-state index in [9.17, 15) is 34.8 Å². The summed E-state index contributed by atoms with van der Waals surface area (Å²) in [5.74, 6) is -7.44. The van der Waals surface area contributed by atoms with Gasteiger partial charge in [0.2, 0.25) is 5.79 Å². The van der Waals surface area contributed by atoms with Gasteiger partial charge in [-0.3, -0.25) is 9.59 Å². The van der Waals surface area contributed by atoms with Crippen LogP contribution in [0.1, 0.15) is 131 Å². The first-order valence-electron chi connectivity index (χ1n) is 23.5. The van der Waals surface area contributed by atoms with Crippen LogP contribution in [0.25, 0.3) is 0 Å². The van der Waals surface area contributed by atoms with Crippen molar-refractivity contribution < 1.29 is 77.4 Å². The summed E-state index contributed by atoms with van der Waals surface area (Å²) >= 11 is 0. The maximum absolute atomic E-state index is 14.1. The molecule has 9 heterocycles. The Bertz CT molecular complexity index is 1860. The number of hydrogen-bond acceptors (Lipinski definition) is 15. The summed E-state index contributed by atoms with van der Waals surface area (Å²) in [6.07, 6.45) is 1.94. The third kappa shape index (κ3) is 8.18. The Morgan fingerprint density at radius 1 is 0.841 bits per heavy atom. The SMILES string of the molecule is CC1=C\[C@H](C)C[C@@]2(C)CC[C@@H](O2)[C@@]23CC[C@@](C(=O)O)(C[C@@H](O2)[C@@H]2O[C@](C)(CC2=O)[C@H]2O[C@@]4(CCC[C@H](O4)[C@@H](C)C(=O)O[C@@H]4C[C@@H]([C@@]5(O)OCC[C@@H](C)[C@H]5O)O[C@@H]4\C=C\1)CC[C@@H]2O)O3. The van der Waals surface area contributed by atoms with Crippen molar-refractivity contribution in [3.63, 3.8) is 0 Å². The first-order valence-corrected chi connectivity index (χ1v) is 23.5. The minimum Gasteiger partial charge on any atom is -0.479 e. The molecule has 8 saturated heterocycles. The van der Waals surface area contributed by atoms with E-state index in [-0.39, 0.29) is 56.3 Å². The number of aliphatic hydroxyl groups is 3. The lowest BCUT2D eigenvalue weighted by Crippen LogP contribution is -2.61. The van der Waals surface area contributed by atoms with Crippen molar-refractivity contribution in [2.75, 3.05) is 6.61 Å². The number of carboxylic acids is 1. The van der Waals surface area contributed by atoms with Gasteiger partial charge in [0.1, 0.15) is 48.3 Å². The Morgan fingerprint density at radius 2 is 1.63 bits per heavy atom. The molecule has 4 N–H and O–H groups in total. The standard InChI is InChI=1S/C47H68O16/c1-25-9-10-32-33(21-36(56-32)47(54)38(50)27(3)13-19-55-47)57-40(51)28(4)31-8-7-14-45(58-31)16-11-29(48)39(62-45)43(6)23-30(49)37(61-43)34-24-44(41(52)53)17-18-46(59-34,63-44)35-12-15-42(5,60-35)22-26(2)20-25/h9-10,20,26-29,31-39,48,50,54H,7-8,11-19,21-24H2,1-6H3,(H,52,53)/b10-9+,25-20+/t26-,27+,28+,29-,31-,32+,33+,34+,35+,36-,37+,38+,39-,42+,43+,44-,45-,46-,47+/m0/s1. The summed E-state index contributed by atoms with van der Waals surface area (Å²) < 4.78 is 58.7. The van der Waals surface area contributed by atoms with Gasteiger partial charge in [0.05, 0.1) is 36.4 Å². The van der Waals surface area contributed by atoms with Crippen LogP contribution in [0.5, 0.6) is 0 Å². The topological polar surface area (TPSA) is 215 Å². The number of carbonyl (C=O) groups is 3. The number of carbonyl (C=O) groups excluding carboxylic acids is 2. The molecular weight excluding hydrogens is 821 g/mol. The predicted octanol–water partition coefficient (Wildman–Crippen LogP) is 4.32. The van der Waals surface area contributed by atoms with E-state index >= 15 is 0 Å². The summed E-state index contributed by atoms with van der Waals surface area (Å²) in [6, 6.07) is 0. The Kier molecular flexibility index (Phi) is 12.0. The summed E-state index contributed by atoms with van der Waals surface area (Å²) in [5, 5.41) is 45.0. The molecule has 10 bridgehead atoms. The smallest absolute Gasteiger partial charge is 0.336 e. The molecule has 0 radical (unpaired) electrons. The molecule has 8 fully saturated rings. The number of Topliss-reactive ketones (excluding diaryl/α,β-unsaturated/α-hetero) is 1. The molecule has 9 aliphatic heterocycles. The minimum atomic E-state index is -1.99. The van der Waals surface area contributed by atoms with Crippen LogP contribution in [-0.2, 0) is 57.0 Å². The molecule has 352 valence electrons. The summed E-state index contributed by atoms with van der Waals surface area (Å²) in [4.78, 5) is 41.2. The Morgan fingerprint density at radius 3 is 2.41 bits per heavy atom. The third-order valence-corrected chi connectivity index (χ3v) is 16.0. The van der Waals surface area contributed by atoms with E-state index in [0.717, 1.165) is 5.57 Å². The quantitative estimate of drug-likeness (QED) is 0.224.